The number of nitrogens with one attached hydrogen (secondary N) is 2. The molecule has 0 fully saturated rings. The second-order valence-electron chi connectivity index (χ2n) is 5.84. The van der Waals surface area contributed by atoms with Gasteiger partial charge >= 0.3 is 0 Å². The molecular weight excluding hydrogens is 254 g/mol. The summed E-state index contributed by atoms with van der Waals surface area (Å²) in [6.45, 7) is 6.18. The predicted molar refractivity (Wildman–Crippen MR) is 79.1 cm³/mol. The van der Waals surface area contributed by atoms with Gasteiger partial charge in [-0.3, -0.25) is 9.59 Å². The number of carbonyl (C=O) groups excluding carboxylic acids is 2. The minimum atomic E-state index is -0.548. The van der Waals surface area contributed by atoms with Crippen LogP contribution in [0, 0.1) is 5.41 Å². The molecule has 1 rings (SSSR count). The van der Waals surface area contributed by atoms with Crippen LogP contribution in [0.1, 0.15) is 36.7 Å². The second kappa shape index (κ2) is 6.52. The highest BCUT2D eigenvalue weighted by Crippen LogP contribution is 2.17. The molecule has 0 heterocycles. The summed E-state index contributed by atoms with van der Waals surface area (Å²) in [6, 6.07) is 6.53. The zero-order chi connectivity index (χ0) is 15.3. The van der Waals surface area contributed by atoms with Crippen molar-refractivity contribution >= 4 is 11.8 Å². The molecule has 0 saturated carbocycles. The molecule has 0 radical (unpaired) electrons. The summed E-state index contributed by atoms with van der Waals surface area (Å²) in [6.07, 6.45) is 0. The lowest BCUT2D eigenvalue weighted by Crippen LogP contribution is -2.48. The lowest BCUT2D eigenvalue weighted by Gasteiger charge is -2.25. The molecule has 4 N–H and O–H groups in total. The first-order valence-electron chi connectivity index (χ1n) is 6.60. The van der Waals surface area contributed by atoms with Gasteiger partial charge in [0.05, 0.1) is 6.04 Å². The van der Waals surface area contributed by atoms with E-state index in [2.05, 4.69) is 10.6 Å². The van der Waals surface area contributed by atoms with Gasteiger partial charge in [0.25, 0.3) is 5.91 Å². The molecule has 20 heavy (non-hydrogen) atoms. The fraction of sp³-hybridized carbons (Fsp3) is 0.467. The molecule has 5 heteroatoms. The van der Waals surface area contributed by atoms with Crippen LogP contribution >= 0.6 is 0 Å². The van der Waals surface area contributed by atoms with Gasteiger partial charge in [-0.05, 0) is 23.1 Å². The van der Waals surface area contributed by atoms with Crippen LogP contribution in [0.25, 0.3) is 0 Å². The number of nitrogens with two attached hydrogens (primary N) is 1. The number of rotatable bonds is 4. The average molecular weight is 277 g/mol. The van der Waals surface area contributed by atoms with Crippen LogP contribution < -0.4 is 16.4 Å². The third-order valence-electron chi connectivity index (χ3n) is 3.13. The van der Waals surface area contributed by atoms with E-state index in [-0.39, 0.29) is 17.2 Å². The van der Waals surface area contributed by atoms with Crippen molar-refractivity contribution < 1.29 is 9.59 Å². The maximum Gasteiger partial charge on any atom is 0.251 e. The Kier molecular flexibility index (Phi) is 5.27. The van der Waals surface area contributed by atoms with E-state index in [1.807, 2.05) is 32.9 Å². The summed E-state index contributed by atoms with van der Waals surface area (Å²) in [5.41, 5.74) is 7.12. The van der Waals surface area contributed by atoms with Gasteiger partial charge in [0, 0.05) is 19.2 Å². The Balaban J connectivity index is 2.58. The molecule has 0 aromatic heterocycles. The van der Waals surface area contributed by atoms with Gasteiger partial charge in [0.2, 0.25) is 5.91 Å². The smallest absolute Gasteiger partial charge is 0.251 e. The summed E-state index contributed by atoms with van der Waals surface area (Å²) in [7, 11) is 1.59. The van der Waals surface area contributed by atoms with Gasteiger partial charge in [-0.25, -0.2) is 0 Å². The van der Waals surface area contributed by atoms with Crippen LogP contribution in [0.4, 0.5) is 0 Å². The first kappa shape index (κ1) is 16.2. The van der Waals surface area contributed by atoms with Gasteiger partial charge in [0.15, 0.2) is 0 Å². The van der Waals surface area contributed by atoms with E-state index in [9.17, 15) is 9.59 Å². The molecule has 1 atom stereocenters. The zero-order valence-electron chi connectivity index (χ0n) is 12.5. The van der Waals surface area contributed by atoms with Crippen LogP contribution in [-0.4, -0.2) is 24.9 Å². The molecule has 0 aliphatic rings. The van der Waals surface area contributed by atoms with Crippen LogP contribution in [0.3, 0.4) is 0 Å². The van der Waals surface area contributed by atoms with E-state index in [0.717, 1.165) is 5.56 Å². The minimum Gasteiger partial charge on any atom is -0.355 e. The van der Waals surface area contributed by atoms with Gasteiger partial charge in [0.1, 0.15) is 0 Å². The van der Waals surface area contributed by atoms with Gasteiger partial charge < -0.3 is 16.4 Å². The molecule has 1 aromatic carbocycles. The van der Waals surface area contributed by atoms with Crippen LogP contribution in [0.15, 0.2) is 24.3 Å². The molecule has 0 aliphatic carbocycles. The second-order valence-corrected chi connectivity index (χ2v) is 5.84. The molecule has 5 nitrogen and oxygen atoms in total. The highest BCUT2D eigenvalue weighted by Gasteiger charge is 2.26. The topological polar surface area (TPSA) is 84.2 Å². The average Bonchev–Trinajstić information content (AvgIpc) is 2.42. The van der Waals surface area contributed by atoms with Crippen molar-refractivity contribution in [1.82, 2.24) is 10.6 Å². The predicted octanol–water partition coefficient (Wildman–Crippen LogP) is 1.04. The van der Waals surface area contributed by atoms with Gasteiger partial charge in [-0.15, -0.1) is 0 Å². The van der Waals surface area contributed by atoms with Crippen molar-refractivity contribution in [3.05, 3.63) is 35.4 Å². The molecular formula is C15H23N3O2. The Bertz CT molecular complexity index is 475. The molecule has 0 unspecified atom stereocenters. The monoisotopic (exact) mass is 277 g/mol. The number of amides is 2. The molecule has 0 spiro atoms. The molecule has 0 aliphatic heterocycles. The molecule has 2 amide bonds. The molecule has 0 bridgehead atoms. The maximum absolute atomic E-state index is 11.9. The summed E-state index contributed by atoms with van der Waals surface area (Å²) in [4.78, 5) is 23.3. The van der Waals surface area contributed by atoms with E-state index in [1.165, 1.54) is 0 Å². The summed E-state index contributed by atoms with van der Waals surface area (Å²) in [5.74, 6) is -0.303. The van der Waals surface area contributed by atoms with Crippen molar-refractivity contribution in [2.24, 2.45) is 11.1 Å². The highest BCUT2D eigenvalue weighted by atomic mass is 16.2. The van der Waals surface area contributed by atoms with E-state index < -0.39 is 6.04 Å². The third-order valence-corrected chi connectivity index (χ3v) is 3.13. The Hall–Kier alpha value is -1.88. The maximum atomic E-state index is 11.9. The fourth-order valence-electron chi connectivity index (χ4n) is 1.61. The lowest BCUT2D eigenvalue weighted by atomic mass is 9.87. The first-order chi connectivity index (χ1) is 9.25. The summed E-state index contributed by atoms with van der Waals surface area (Å²) in [5, 5.41) is 5.36. The Labute approximate surface area is 119 Å². The molecule has 0 saturated heterocycles. The third kappa shape index (κ3) is 4.35. The lowest BCUT2D eigenvalue weighted by molar-refractivity contribution is -0.124. The normalized spacial score (nSPS) is 12.7. The van der Waals surface area contributed by atoms with E-state index in [4.69, 9.17) is 5.73 Å². The minimum absolute atomic E-state index is 0.129. The summed E-state index contributed by atoms with van der Waals surface area (Å²) >= 11 is 0. The van der Waals surface area contributed by atoms with Crippen LogP contribution in [0.2, 0.25) is 0 Å². The van der Waals surface area contributed by atoms with Crippen molar-refractivity contribution in [3.63, 3.8) is 0 Å². The summed E-state index contributed by atoms with van der Waals surface area (Å²) < 4.78 is 0. The van der Waals surface area contributed by atoms with Crippen molar-refractivity contribution in [2.75, 3.05) is 7.05 Å². The molecule has 1 aromatic rings. The first-order valence-corrected chi connectivity index (χ1v) is 6.60. The van der Waals surface area contributed by atoms with Crippen molar-refractivity contribution in [3.8, 4) is 0 Å². The van der Waals surface area contributed by atoms with E-state index in [1.54, 1.807) is 19.2 Å². The quantitative estimate of drug-likeness (QED) is 0.768. The number of carbonyl (C=O) groups is 2. The van der Waals surface area contributed by atoms with Gasteiger partial charge in [-0.2, -0.15) is 0 Å². The number of hydrogen-bond acceptors (Lipinski definition) is 3. The number of benzene rings is 1. The van der Waals surface area contributed by atoms with Crippen LogP contribution in [-0.2, 0) is 11.3 Å². The largest absolute Gasteiger partial charge is 0.355 e. The Morgan fingerprint density at radius 1 is 1.20 bits per heavy atom. The van der Waals surface area contributed by atoms with Crippen molar-refractivity contribution in [1.29, 1.82) is 0 Å². The molecule has 110 valence electrons. The van der Waals surface area contributed by atoms with Crippen LogP contribution in [0.5, 0.6) is 0 Å². The Morgan fingerprint density at radius 3 is 2.20 bits per heavy atom. The standard InChI is InChI=1S/C15H23N3O2/c1-15(2,3)12(16)14(20)18-9-10-5-7-11(8-6-10)13(19)17-4/h5-8,12H,9,16H2,1-4H3,(H,17,19)(H,18,20)/t12-/m1/s1. The zero-order valence-corrected chi connectivity index (χ0v) is 12.5. The van der Waals surface area contributed by atoms with Crippen molar-refractivity contribution in [2.45, 2.75) is 33.4 Å². The number of hydrogen-bond donors (Lipinski definition) is 3. The van der Waals surface area contributed by atoms with E-state index >= 15 is 0 Å². The SMILES string of the molecule is CNC(=O)c1ccc(CNC(=O)[C@@H](N)C(C)(C)C)cc1. The highest BCUT2D eigenvalue weighted by molar-refractivity contribution is 5.93. The van der Waals surface area contributed by atoms with Gasteiger partial charge in [-0.1, -0.05) is 32.9 Å². The van der Waals surface area contributed by atoms with E-state index in [0.29, 0.717) is 12.1 Å². The fourth-order valence-corrected chi connectivity index (χ4v) is 1.61. The Morgan fingerprint density at radius 2 is 1.75 bits per heavy atom.